The Morgan fingerprint density at radius 2 is 0.520 bits per heavy atom. The lowest BCUT2D eigenvalue weighted by Crippen LogP contribution is -2.30. The number of hydrogen-bond donors (Lipinski definition) is 3. The molecule has 0 aliphatic carbocycles. The Morgan fingerprint density at radius 3 is 0.776 bits per heavy atom. The SMILES string of the molecule is CCCCCCCCCCCCCCCCCCC(=O)OC[C@H](COP(=O)(O)OC[C@@H](O)COP(=O)(O)OC[C@@H](COC(=O)CCCCCCCCCCC(C)C)OC(=O)CCCCCCCCCCCCCCC)OC(=O)CCCCCCCCCCCCCCCCC(C)CC. The van der Waals surface area contributed by atoms with Crippen LogP contribution in [0.1, 0.15) is 414 Å². The van der Waals surface area contributed by atoms with E-state index in [1.54, 1.807) is 0 Å². The van der Waals surface area contributed by atoms with Crippen LogP contribution in [-0.2, 0) is 65.4 Å². The summed E-state index contributed by atoms with van der Waals surface area (Å²) in [7, 11) is -9.92. The molecule has 582 valence electrons. The van der Waals surface area contributed by atoms with Crippen molar-refractivity contribution < 1.29 is 80.2 Å². The van der Waals surface area contributed by atoms with Gasteiger partial charge in [0, 0.05) is 25.7 Å². The van der Waals surface area contributed by atoms with E-state index in [0.717, 1.165) is 102 Å². The van der Waals surface area contributed by atoms with E-state index in [0.29, 0.717) is 25.7 Å². The van der Waals surface area contributed by atoms with Gasteiger partial charge in [-0.25, -0.2) is 9.13 Å². The molecule has 0 aromatic rings. The van der Waals surface area contributed by atoms with Crippen molar-refractivity contribution in [3.63, 3.8) is 0 Å². The second-order valence-corrected chi connectivity index (χ2v) is 32.1. The molecular weight excluding hydrogens is 1280 g/mol. The van der Waals surface area contributed by atoms with E-state index < -0.39 is 97.5 Å². The highest BCUT2D eigenvalue weighted by Crippen LogP contribution is 2.45. The van der Waals surface area contributed by atoms with Crippen LogP contribution < -0.4 is 0 Å². The van der Waals surface area contributed by atoms with Gasteiger partial charge in [-0.2, -0.15) is 0 Å². The first-order valence-corrected chi connectivity index (χ1v) is 44.0. The summed E-state index contributed by atoms with van der Waals surface area (Å²) in [5, 5.41) is 10.6. The van der Waals surface area contributed by atoms with E-state index in [4.69, 9.17) is 37.0 Å². The summed E-state index contributed by atoms with van der Waals surface area (Å²) >= 11 is 0. The van der Waals surface area contributed by atoms with Crippen molar-refractivity contribution in [1.82, 2.24) is 0 Å². The van der Waals surface area contributed by atoms with E-state index in [9.17, 15) is 43.2 Å². The van der Waals surface area contributed by atoms with Gasteiger partial charge in [0.15, 0.2) is 12.2 Å². The number of esters is 4. The highest BCUT2D eigenvalue weighted by Gasteiger charge is 2.30. The lowest BCUT2D eigenvalue weighted by molar-refractivity contribution is -0.161. The van der Waals surface area contributed by atoms with Crippen LogP contribution in [0, 0.1) is 11.8 Å². The van der Waals surface area contributed by atoms with Gasteiger partial charge in [-0.1, -0.05) is 363 Å². The van der Waals surface area contributed by atoms with Crippen LogP contribution in [-0.4, -0.2) is 96.7 Å². The van der Waals surface area contributed by atoms with Crippen molar-refractivity contribution in [2.24, 2.45) is 11.8 Å². The molecule has 0 radical (unpaired) electrons. The first-order valence-electron chi connectivity index (χ1n) is 41.0. The summed E-state index contributed by atoms with van der Waals surface area (Å²) in [5.74, 6) is -0.537. The Hall–Kier alpha value is -1.94. The molecular formula is C79H154O17P2. The number of ether oxygens (including phenoxy) is 4. The molecule has 0 saturated carbocycles. The molecule has 3 unspecified atom stereocenters. The Bertz CT molecular complexity index is 1890. The van der Waals surface area contributed by atoms with Gasteiger partial charge in [-0.3, -0.25) is 37.3 Å². The van der Waals surface area contributed by atoms with E-state index in [-0.39, 0.29) is 25.7 Å². The lowest BCUT2D eigenvalue weighted by Gasteiger charge is -2.21. The second-order valence-electron chi connectivity index (χ2n) is 29.2. The van der Waals surface area contributed by atoms with Crippen molar-refractivity contribution in [2.75, 3.05) is 39.6 Å². The summed E-state index contributed by atoms with van der Waals surface area (Å²) in [6.07, 6.45) is 59.5. The predicted molar refractivity (Wildman–Crippen MR) is 400 cm³/mol. The largest absolute Gasteiger partial charge is 0.472 e. The van der Waals surface area contributed by atoms with Crippen LogP contribution >= 0.6 is 15.6 Å². The molecule has 0 aromatic heterocycles. The highest BCUT2D eigenvalue weighted by molar-refractivity contribution is 7.47. The van der Waals surface area contributed by atoms with E-state index in [1.165, 1.54) is 231 Å². The van der Waals surface area contributed by atoms with Crippen LogP contribution in [0.5, 0.6) is 0 Å². The summed E-state index contributed by atoms with van der Waals surface area (Å²) in [5.41, 5.74) is 0. The molecule has 19 heteroatoms. The van der Waals surface area contributed by atoms with Gasteiger partial charge < -0.3 is 33.8 Å². The topological polar surface area (TPSA) is 237 Å². The number of rotatable bonds is 78. The van der Waals surface area contributed by atoms with Crippen molar-refractivity contribution in [3.8, 4) is 0 Å². The Balaban J connectivity index is 5.25. The molecule has 6 atom stereocenters. The van der Waals surface area contributed by atoms with Crippen LogP contribution in [0.2, 0.25) is 0 Å². The molecule has 0 heterocycles. The van der Waals surface area contributed by atoms with E-state index in [1.807, 2.05) is 0 Å². The summed E-state index contributed by atoms with van der Waals surface area (Å²) in [4.78, 5) is 73.0. The van der Waals surface area contributed by atoms with Crippen molar-refractivity contribution >= 4 is 39.5 Å². The summed E-state index contributed by atoms with van der Waals surface area (Å²) in [6, 6.07) is 0. The van der Waals surface area contributed by atoms with Gasteiger partial charge >= 0.3 is 39.5 Å². The predicted octanol–water partition coefficient (Wildman–Crippen LogP) is 23.5. The van der Waals surface area contributed by atoms with Crippen LogP contribution in [0.3, 0.4) is 0 Å². The molecule has 98 heavy (non-hydrogen) atoms. The van der Waals surface area contributed by atoms with Gasteiger partial charge in [0.25, 0.3) is 0 Å². The molecule has 0 rings (SSSR count). The smallest absolute Gasteiger partial charge is 0.462 e. The number of carbonyl (C=O) groups excluding carboxylic acids is 4. The van der Waals surface area contributed by atoms with E-state index in [2.05, 4.69) is 41.5 Å². The molecule has 0 spiro atoms. The number of phosphoric acid groups is 2. The minimum atomic E-state index is -4.96. The minimum absolute atomic E-state index is 0.107. The zero-order valence-electron chi connectivity index (χ0n) is 64.1. The molecule has 17 nitrogen and oxygen atoms in total. The average Bonchev–Trinajstić information content (AvgIpc) is 1.09. The number of hydrogen-bond acceptors (Lipinski definition) is 15. The standard InChI is InChI=1S/C79H154O17P2/c1-7-10-12-14-16-18-20-22-23-24-29-32-36-43-49-55-61-76(81)89-67-74(95-79(84)64-58-52-46-38-34-30-26-25-28-31-35-42-48-54-60-72(6)9-3)69-93-97(85,86)91-65-73(80)66-92-98(87,88)94-70-75(68-90-77(82)62-56-50-44-40-39-41-47-53-59-71(4)5)96-78(83)63-57-51-45-37-33-27-21-19-17-15-13-11-8-2/h71-75,80H,7-70H2,1-6H3,(H,85,86)(H,87,88)/t72?,73-,74-,75-/m1/s1. The third-order valence-electron chi connectivity index (χ3n) is 18.8. The molecule has 0 bridgehead atoms. The molecule has 0 amide bonds. The van der Waals surface area contributed by atoms with Crippen LogP contribution in [0.4, 0.5) is 0 Å². The molecule has 0 aromatic carbocycles. The Labute approximate surface area is 600 Å². The first kappa shape index (κ1) is 96.1. The number of aliphatic hydroxyl groups excluding tert-OH is 1. The monoisotopic (exact) mass is 1440 g/mol. The Morgan fingerprint density at radius 1 is 0.296 bits per heavy atom. The molecule has 0 saturated heterocycles. The van der Waals surface area contributed by atoms with Gasteiger partial charge in [-0.15, -0.1) is 0 Å². The zero-order chi connectivity index (χ0) is 72.1. The van der Waals surface area contributed by atoms with Gasteiger partial charge in [0.1, 0.15) is 19.3 Å². The number of carbonyl (C=O) groups is 4. The quantitative estimate of drug-likeness (QED) is 0.0222. The first-order chi connectivity index (χ1) is 47.4. The fraction of sp³-hybridized carbons (Fsp3) is 0.949. The van der Waals surface area contributed by atoms with Gasteiger partial charge in [-0.05, 0) is 37.5 Å². The lowest BCUT2D eigenvalue weighted by atomic mass is 9.99. The van der Waals surface area contributed by atoms with Crippen LogP contribution in [0.25, 0.3) is 0 Å². The van der Waals surface area contributed by atoms with Gasteiger partial charge in [0.05, 0.1) is 26.4 Å². The fourth-order valence-electron chi connectivity index (χ4n) is 12.2. The maximum absolute atomic E-state index is 13.1. The molecule has 0 aliphatic rings. The normalized spacial score (nSPS) is 14.2. The second kappa shape index (κ2) is 70.7. The number of phosphoric ester groups is 2. The fourth-order valence-corrected chi connectivity index (χ4v) is 13.7. The zero-order valence-corrected chi connectivity index (χ0v) is 65.9. The maximum Gasteiger partial charge on any atom is 0.472 e. The highest BCUT2D eigenvalue weighted by atomic mass is 31.2. The summed E-state index contributed by atoms with van der Waals surface area (Å²) < 4.78 is 68.7. The minimum Gasteiger partial charge on any atom is -0.462 e. The Kier molecular flexibility index (Phi) is 69.3. The molecule has 3 N–H and O–H groups in total. The molecule has 0 aliphatic heterocycles. The van der Waals surface area contributed by atoms with Crippen LogP contribution in [0.15, 0.2) is 0 Å². The third-order valence-corrected chi connectivity index (χ3v) is 20.7. The third kappa shape index (κ3) is 71.1. The summed E-state index contributed by atoms with van der Waals surface area (Å²) in [6.45, 7) is 9.65. The van der Waals surface area contributed by atoms with E-state index >= 15 is 0 Å². The van der Waals surface area contributed by atoms with Crippen molar-refractivity contribution in [2.45, 2.75) is 432 Å². The van der Waals surface area contributed by atoms with Crippen molar-refractivity contribution in [1.29, 1.82) is 0 Å². The molecule has 0 fully saturated rings. The number of unbranched alkanes of at least 4 members (excludes halogenated alkanes) is 47. The van der Waals surface area contributed by atoms with Gasteiger partial charge in [0.2, 0.25) is 0 Å². The van der Waals surface area contributed by atoms with Crippen molar-refractivity contribution in [3.05, 3.63) is 0 Å². The number of aliphatic hydroxyl groups is 1. The maximum atomic E-state index is 13.1. The average molecular weight is 1440 g/mol.